The molecule has 1 amide bonds. The molecule has 0 unspecified atom stereocenters. The van der Waals surface area contributed by atoms with Gasteiger partial charge < -0.3 is 4.90 Å². The molecule has 120 valence electrons. The topological polar surface area (TPSA) is 51.0 Å². The van der Waals surface area contributed by atoms with E-state index in [0.29, 0.717) is 12.3 Å². The van der Waals surface area contributed by atoms with E-state index in [1.807, 2.05) is 51.9 Å². The Balaban J connectivity index is 1.49. The van der Waals surface area contributed by atoms with E-state index in [9.17, 15) is 4.79 Å². The van der Waals surface area contributed by atoms with Crippen LogP contribution in [0, 0.1) is 5.92 Å². The average molecular weight is 318 g/mol. The monoisotopic (exact) mass is 318 g/mol. The van der Waals surface area contributed by atoms with Crippen molar-refractivity contribution in [1.82, 2.24) is 14.8 Å². The van der Waals surface area contributed by atoms with Crippen molar-refractivity contribution in [2.75, 3.05) is 11.4 Å². The molecular formula is C19H18N4O. The summed E-state index contributed by atoms with van der Waals surface area (Å²) in [5.74, 6) is 0.551. The zero-order valence-electron chi connectivity index (χ0n) is 13.2. The number of benzene rings is 2. The van der Waals surface area contributed by atoms with E-state index in [1.165, 1.54) is 5.56 Å². The molecule has 0 N–H and O–H groups in total. The maximum absolute atomic E-state index is 12.3. The van der Waals surface area contributed by atoms with E-state index < -0.39 is 0 Å². The van der Waals surface area contributed by atoms with Crippen molar-refractivity contribution in [3.05, 3.63) is 72.8 Å². The first-order chi connectivity index (χ1) is 11.8. The molecule has 5 nitrogen and oxygen atoms in total. The minimum Gasteiger partial charge on any atom is -0.312 e. The molecule has 0 aliphatic carbocycles. The summed E-state index contributed by atoms with van der Waals surface area (Å²) in [5, 5.41) is 7.69. The van der Waals surface area contributed by atoms with Gasteiger partial charge in [-0.25, -0.2) is 0 Å². The second-order valence-electron chi connectivity index (χ2n) is 6.15. The maximum Gasteiger partial charge on any atom is 0.227 e. The van der Waals surface area contributed by atoms with Crippen LogP contribution in [0.3, 0.4) is 0 Å². The van der Waals surface area contributed by atoms with Crippen LogP contribution >= 0.6 is 0 Å². The lowest BCUT2D eigenvalue weighted by atomic mass is 9.98. The van der Waals surface area contributed by atoms with Gasteiger partial charge in [0.15, 0.2) is 0 Å². The van der Waals surface area contributed by atoms with Gasteiger partial charge in [-0.05, 0) is 42.2 Å². The SMILES string of the molecule is O=C1C[C@@H](Cc2cccc(-n3cnnc3)c2)CN1c1ccccc1. The van der Waals surface area contributed by atoms with Crippen LogP contribution in [0.15, 0.2) is 67.3 Å². The maximum atomic E-state index is 12.3. The van der Waals surface area contributed by atoms with Crippen LogP contribution < -0.4 is 4.90 Å². The molecule has 24 heavy (non-hydrogen) atoms. The highest BCUT2D eigenvalue weighted by atomic mass is 16.2. The summed E-state index contributed by atoms with van der Waals surface area (Å²) in [4.78, 5) is 14.2. The quantitative estimate of drug-likeness (QED) is 0.743. The van der Waals surface area contributed by atoms with Crippen molar-refractivity contribution in [2.45, 2.75) is 12.8 Å². The predicted octanol–water partition coefficient (Wildman–Crippen LogP) is 2.86. The molecule has 3 aromatic rings. The summed E-state index contributed by atoms with van der Waals surface area (Å²) < 4.78 is 1.89. The van der Waals surface area contributed by atoms with Gasteiger partial charge in [0.1, 0.15) is 12.7 Å². The number of nitrogens with zero attached hydrogens (tertiary/aromatic N) is 4. The fraction of sp³-hybridized carbons (Fsp3) is 0.211. The Morgan fingerprint density at radius 3 is 2.50 bits per heavy atom. The number of carbonyl (C=O) groups is 1. The lowest BCUT2D eigenvalue weighted by molar-refractivity contribution is -0.117. The van der Waals surface area contributed by atoms with Gasteiger partial charge in [-0.1, -0.05) is 30.3 Å². The van der Waals surface area contributed by atoms with Gasteiger partial charge in [-0.2, -0.15) is 0 Å². The average Bonchev–Trinajstić information content (AvgIpc) is 3.26. The minimum absolute atomic E-state index is 0.209. The van der Waals surface area contributed by atoms with Crippen LogP contribution in [-0.4, -0.2) is 27.2 Å². The number of hydrogen-bond acceptors (Lipinski definition) is 3. The summed E-state index contributed by atoms with van der Waals surface area (Å²) in [6, 6.07) is 18.2. The molecule has 5 heteroatoms. The number of amides is 1. The third-order valence-electron chi connectivity index (χ3n) is 4.42. The first kappa shape index (κ1) is 14.6. The molecule has 1 aromatic heterocycles. The molecule has 0 bridgehead atoms. The summed E-state index contributed by atoms with van der Waals surface area (Å²) in [6.45, 7) is 0.777. The molecule has 2 heterocycles. The van der Waals surface area contributed by atoms with E-state index in [4.69, 9.17) is 0 Å². The molecule has 1 saturated heterocycles. The number of anilines is 1. The van der Waals surface area contributed by atoms with Crippen LogP contribution in [0.2, 0.25) is 0 Å². The number of hydrogen-bond donors (Lipinski definition) is 0. The molecule has 4 rings (SSSR count). The second kappa shape index (κ2) is 6.28. The minimum atomic E-state index is 0.209. The number of para-hydroxylation sites is 1. The van der Waals surface area contributed by atoms with Gasteiger partial charge in [-0.15, -0.1) is 10.2 Å². The van der Waals surface area contributed by atoms with E-state index >= 15 is 0 Å². The lowest BCUT2D eigenvalue weighted by Gasteiger charge is -2.16. The van der Waals surface area contributed by atoms with E-state index in [-0.39, 0.29) is 5.91 Å². The fourth-order valence-electron chi connectivity index (χ4n) is 3.29. The smallest absolute Gasteiger partial charge is 0.227 e. The van der Waals surface area contributed by atoms with Crippen molar-refractivity contribution in [3.8, 4) is 5.69 Å². The lowest BCUT2D eigenvalue weighted by Crippen LogP contribution is -2.24. The number of carbonyl (C=O) groups excluding carboxylic acids is 1. The Kier molecular flexibility index (Phi) is 3.83. The fourth-order valence-corrected chi connectivity index (χ4v) is 3.29. The van der Waals surface area contributed by atoms with Crippen molar-refractivity contribution in [2.24, 2.45) is 5.92 Å². The van der Waals surface area contributed by atoms with Gasteiger partial charge in [-0.3, -0.25) is 9.36 Å². The third-order valence-corrected chi connectivity index (χ3v) is 4.42. The Hall–Kier alpha value is -2.95. The summed E-state index contributed by atoms with van der Waals surface area (Å²) in [6.07, 6.45) is 4.88. The Labute approximate surface area is 140 Å². The molecule has 1 aliphatic heterocycles. The van der Waals surface area contributed by atoms with Gasteiger partial charge in [0.2, 0.25) is 5.91 Å². The van der Waals surface area contributed by atoms with Gasteiger partial charge in [0, 0.05) is 24.3 Å². The molecule has 0 saturated carbocycles. The van der Waals surface area contributed by atoms with Crippen LogP contribution in [-0.2, 0) is 11.2 Å². The highest BCUT2D eigenvalue weighted by Crippen LogP contribution is 2.27. The first-order valence-electron chi connectivity index (χ1n) is 8.09. The van der Waals surface area contributed by atoms with Crippen LogP contribution in [0.5, 0.6) is 0 Å². The summed E-state index contributed by atoms with van der Waals surface area (Å²) in [7, 11) is 0. The zero-order valence-corrected chi connectivity index (χ0v) is 13.2. The summed E-state index contributed by atoms with van der Waals surface area (Å²) in [5.41, 5.74) is 3.26. The molecule has 0 radical (unpaired) electrons. The van der Waals surface area contributed by atoms with Crippen molar-refractivity contribution < 1.29 is 4.79 Å². The van der Waals surface area contributed by atoms with Crippen molar-refractivity contribution >= 4 is 11.6 Å². The third kappa shape index (κ3) is 2.93. The normalized spacial score (nSPS) is 17.4. The Morgan fingerprint density at radius 1 is 0.958 bits per heavy atom. The standard InChI is InChI=1S/C19H18N4O/c24-19-11-16(12-23(19)17-6-2-1-3-7-17)9-15-5-4-8-18(10-15)22-13-20-21-14-22/h1-8,10,13-14,16H,9,11-12H2/t16-/m1/s1. The Morgan fingerprint density at radius 2 is 1.71 bits per heavy atom. The Bertz CT molecular complexity index is 830. The van der Waals surface area contributed by atoms with Crippen LogP contribution in [0.4, 0.5) is 5.69 Å². The van der Waals surface area contributed by atoms with Crippen LogP contribution in [0.1, 0.15) is 12.0 Å². The molecule has 2 aromatic carbocycles. The number of aromatic nitrogens is 3. The highest BCUT2D eigenvalue weighted by Gasteiger charge is 2.30. The first-order valence-corrected chi connectivity index (χ1v) is 8.09. The number of rotatable bonds is 4. The van der Waals surface area contributed by atoms with Crippen molar-refractivity contribution in [1.29, 1.82) is 0 Å². The highest BCUT2D eigenvalue weighted by molar-refractivity contribution is 5.95. The van der Waals surface area contributed by atoms with Gasteiger partial charge >= 0.3 is 0 Å². The zero-order chi connectivity index (χ0) is 16.4. The molecule has 1 atom stereocenters. The summed E-state index contributed by atoms with van der Waals surface area (Å²) >= 11 is 0. The van der Waals surface area contributed by atoms with Gasteiger partial charge in [0.05, 0.1) is 0 Å². The molecule has 1 aliphatic rings. The van der Waals surface area contributed by atoms with Crippen LogP contribution in [0.25, 0.3) is 5.69 Å². The van der Waals surface area contributed by atoms with E-state index in [2.05, 4.69) is 22.3 Å². The molecule has 0 spiro atoms. The molecule has 1 fully saturated rings. The van der Waals surface area contributed by atoms with Crippen molar-refractivity contribution in [3.63, 3.8) is 0 Å². The predicted molar refractivity (Wildman–Crippen MR) is 92.0 cm³/mol. The second-order valence-corrected chi connectivity index (χ2v) is 6.15. The largest absolute Gasteiger partial charge is 0.312 e. The van der Waals surface area contributed by atoms with E-state index in [1.54, 1.807) is 12.7 Å². The van der Waals surface area contributed by atoms with E-state index in [0.717, 1.165) is 24.3 Å². The molecular weight excluding hydrogens is 300 g/mol. The van der Waals surface area contributed by atoms with Gasteiger partial charge in [0.25, 0.3) is 0 Å².